The zero-order chi connectivity index (χ0) is 11.6. The molecule has 1 aromatic rings. The van der Waals surface area contributed by atoms with E-state index in [9.17, 15) is 18.0 Å². The summed E-state index contributed by atoms with van der Waals surface area (Å²) in [7, 11) is 0. The summed E-state index contributed by atoms with van der Waals surface area (Å²) in [5, 5.41) is 0. The molecule has 0 bridgehead atoms. The van der Waals surface area contributed by atoms with Crippen molar-refractivity contribution in [1.82, 2.24) is 0 Å². The monoisotopic (exact) mass is 300 g/mol. The summed E-state index contributed by atoms with van der Waals surface area (Å²) >= 11 is 8.27. The summed E-state index contributed by atoms with van der Waals surface area (Å²) < 4.78 is 35.6. The molecule has 0 aliphatic carbocycles. The quantitative estimate of drug-likeness (QED) is 0.599. The first-order valence-corrected chi connectivity index (χ1v) is 5.17. The number of carbonyl (C=O) groups is 1. The smallest absolute Gasteiger partial charge is 0.292 e. The summed E-state index contributed by atoms with van der Waals surface area (Å²) in [4.78, 5) is 11.2. The van der Waals surface area contributed by atoms with Crippen molar-refractivity contribution < 1.29 is 18.0 Å². The van der Waals surface area contributed by atoms with Gasteiger partial charge in [0.05, 0.1) is 5.56 Å². The minimum Gasteiger partial charge on any atom is -0.292 e. The van der Waals surface area contributed by atoms with Crippen LogP contribution in [0, 0.1) is 0 Å². The fourth-order valence-electron chi connectivity index (χ4n) is 0.949. The van der Waals surface area contributed by atoms with Gasteiger partial charge in [-0.15, -0.1) is 11.6 Å². The third-order valence-electron chi connectivity index (χ3n) is 1.69. The molecule has 1 aromatic carbocycles. The van der Waals surface area contributed by atoms with Gasteiger partial charge < -0.3 is 0 Å². The zero-order valence-corrected chi connectivity index (χ0v) is 9.53. The highest BCUT2D eigenvalue weighted by Gasteiger charge is 2.30. The molecule has 0 saturated heterocycles. The standard InChI is InChI=1S/C9H5BrClF3O/c10-8(11)7(15)5-1-3-6(4-2-5)9(12,13)14/h1-4,8H. The van der Waals surface area contributed by atoms with Gasteiger partial charge in [-0.2, -0.15) is 13.2 Å². The Labute approximate surface area is 97.4 Å². The molecule has 0 radical (unpaired) electrons. The van der Waals surface area contributed by atoms with Crippen LogP contribution in [0.25, 0.3) is 0 Å². The Bertz CT molecular complexity index is 359. The van der Waals surface area contributed by atoms with E-state index < -0.39 is 21.8 Å². The van der Waals surface area contributed by atoms with Crippen LogP contribution in [-0.4, -0.2) is 10.1 Å². The lowest BCUT2D eigenvalue weighted by Crippen LogP contribution is -2.09. The van der Waals surface area contributed by atoms with Gasteiger partial charge in [0, 0.05) is 5.56 Å². The Morgan fingerprint density at radius 1 is 1.27 bits per heavy atom. The van der Waals surface area contributed by atoms with E-state index in [0.29, 0.717) is 0 Å². The van der Waals surface area contributed by atoms with Crippen molar-refractivity contribution in [3.8, 4) is 0 Å². The number of hydrogen-bond acceptors (Lipinski definition) is 1. The second-order valence-electron chi connectivity index (χ2n) is 2.74. The van der Waals surface area contributed by atoms with Gasteiger partial charge in [-0.1, -0.05) is 28.1 Å². The predicted molar refractivity (Wildman–Crippen MR) is 54.3 cm³/mol. The van der Waals surface area contributed by atoms with Gasteiger partial charge in [-0.3, -0.25) is 4.79 Å². The van der Waals surface area contributed by atoms with Gasteiger partial charge >= 0.3 is 6.18 Å². The van der Waals surface area contributed by atoms with Crippen LogP contribution in [0.3, 0.4) is 0 Å². The van der Waals surface area contributed by atoms with Gasteiger partial charge in [-0.05, 0) is 12.1 Å². The predicted octanol–water partition coefficient (Wildman–Crippen LogP) is 3.85. The summed E-state index contributed by atoms with van der Waals surface area (Å²) in [5.74, 6) is -0.467. The van der Waals surface area contributed by atoms with Crippen LogP contribution >= 0.6 is 27.5 Å². The molecule has 1 unspecified atom stereocenters. The zero-order valence-electron chi connectivity index (χ0n) is 7.18. The molecule has 1 atom stereocenters. The Hall–Kier alpha value is -0.550. The molecule has 0 heterocycles. The SMILES string of the molecule is O=C(c1ccc(C(F)(F)F)cc1)C(Cl)Br. The van der Waals surface area contributed by atoms with Crippen molar-refractivity contribution in [3.05, 3.63) is 35.4 Å². The molecule has 0 spiro atoms. The molecule has 0 aliphatic heterocycles. The van der Waals surface area contributed by atoms with E-state index in [-0.39, 0.29) is 5.56 Å². The highest BCUT2D eigenvalue weighted by Crippen LogP contribution is 2.29. The molecule has 82 valence electrons. The molecule has 15 heavy (non-hydrogen) atoms. The fourth-order valence-corrected chi connectivity index (χ4v) is 1.34. The molecule has 1 rings (SSSR count). The summed E-state index contributed by atoms with van der Waals surface area (Å²) in [6, 6.07) is 3.89. The van der Waals surface area contributed by atoms with Crippen LogP contribution in [0.15, 0.2) is 24.3 Å². The highest BCUT2D eigenvalue weighted by molar-refractivity contribution is 9.10. The van der Waals surface area contributed by atoms with Crippen molar-refractivity contribution in [2.24, 2.45) is 0 Å². The van der Waals surface area contributed by atoms with Crippen molar-refractivity contribution in [2.45, 2.75) is 10.5 Å². The van der Waals surface area contributed by atoms with Gasteiger partial charge in [0.2, 0.25) is 0 Å². The molecule has 0 aliphatic rings. The molecule has 0 N–H and O–H groups in total. The number of hydrogen-bond donors (Lipinski definition) is 0. The lowest BCUT2D eigenvalue weighted by molar-refractivity contribution is -0.137. The van der Waals surface area contributed by atoms with Crippen LogP contribution in [0.5, 0.6) is 0 Å². The maximum Gasteiger partial charge on any atom is 0.416 e. The average Bonchev–Trinajstić information content (AvgIpc) is 2.15. The van der Waals surface area contributed by atoms with Crippen molar-refractivity contribution in [1.29, 1.82) is 0 Å². The van der Waals surface area contributed by atoms with E-state index in [0.717, 1.165) is 24.3 Å². The minimum atomic E-state index is -4.39. The fraction of sp³-hybridized carbons (Fsp3) is 0.222. The Kier molecular flexibility index (Phi) is 3.78. The van der Waals surface area contributed by atoms with E-state index in [1.165, 1.54) is 0 Å². The molecule has 1 nitrogen and oxygen atoms in total. The van der Waals surface area contributed by atoms with Crippen molar-refractivity contribution >= 4 is 33.3 Å². The van der Waals surface area contributed by atoms with Gasteiger partial charge in [0.25, 0.3) is 0 Å². The number of rotatable bonds is 2. The summed E-state index contributed by atoms with van der Waals surface area (Å²) in [6.45, 7) is 0. The lowest BCUT2D eigenvalue weighted by Gasteiger charge is -2.07. The largest absolute Gasteiger partial charge is 0.416 e. The second-order valence-corrected chi connectivity index (χ2v) is 4.62. The van der Waals surface area contributed by atoms with E-state index >= 15 is 0 Å². The first-order chi connectivity index (χ1) is 6.82. The van der Waals surface area contributed by atoms with Crippen molar-refractivity contribution in [3.63, 3.8) is 0 Å². The lowest BCUT2D eigenvalue weighted by atomic mass is 10.1. The number of carbonyl (C=O) groups excluding carboxylic acids is 1. The molecule has 0 saturated carbocycles. The maximum absolute atomic E-state index is 12.2. The van der Waals surface area contributed by atoms with Gasteiger partial charge in [0.15, 0.2) is 10.1 Å². The molecule has 0 fully saturated rings. The molecular formula is C9H5BrClF3O. The van der Waals surface area contributed by atoms with E-state index in [1.54, 1.807) is 0 Å². The Morgan fingerprint density at radius 3 is 2.07 bits per heavy atom. The summed E-state index contributed by atoms with van der Waals surface area (Å²) in [6.07, 6.45) is -4.39. The molecule has 6 heteroatoms. The maximum atomic E-state index is 12.2. The number of Topliss-reactive ketones (excluding diaryl/α,β-unsaturated/α-hetero) is 1. The average molecular weight is 301 g/mol. The van der Waals surface area contributed by atoms with E-state index in [1.807, 2.05) is 0 Å². The van der Waals surface area contributed by atoms with Crippen LogP contribution in [-0.2, 0) is 6.18 Å². The normalized spacial score (nSPS) is 13.7. The molecular weight excluding hydrogens is 296 g/mol. The Morgan fingerprint density at radius 2 is 1.73 bits per heavy atom. The Balaban J connectivity index is 2.96. The number of benzene rings is 1. The third-order valence-corrected chi connectivity index (χ3v) is 2.31. The number of halogens is 5. The first kappa shape index (κ1) is 12.5. The molecule has 0 amide bonds. The minimum absolute atomic E-state index is 0.139. The van der Waals surface area contributed by atoms with Gasteiger partial charge in [0.1, 0.15) is 0 Å². The number of ketones is 1. The second kappa shape index (κ2) is 4.53. The van der Waals surface area contributed by atoms with Gasteiger partial charge in [-0.25, -0.2) is 0 Å². The van der Waals surface area contributed by atoms with Crippen molar-refractivity contribution in [2.75, 3.05) is 0 Å². The van der Waals surface area contributed by atoms with Crippen LogP contribution < -0.4 is 0 Å². The molecule has 0 aromatic heterocycles. The first-order valence-electron chi connectivity index (χ1n) is 3.82. The summed E-state index contributed by atoms with van der Waals surface area (Å²) in [5.41, 5.74) is -0.653. The van der Waals surface area contributed by atoms with E-state index in [2.05, 4.69) is 15.9 Å². The highest BCUT2D eigenvalue weighted by atomic mass is 79.9. The number of alkyl halides is 5. The topological polar surface area (TPSA) is 17.1 Å². The van der Waals surface area contributed by atoms with E-state index in [4.69, 9.17) is 11.6 Å². The van der Waals surface area contributed by atoms with Crippen LogP contribution in [0.4, 0.5) is 13.2 Å². The van der Waals surface area contributed by atoms with Crippen LogP contribution in [0.1, 0.15) is 15.9 Å². The van der Waals surface area contributed by atoms with Crippen LogP contribution in [0.2, 0.25) is 0 Å². The third kappa shape index (κ3) is 3.21.